The molecule has 1 saturated heterocycles. The van der Waals surface area contributed by atoms with E-state index in [0.29, 0.717) is 17.0 Å². The zero-order chi connectivity index (χ0) is 22.8. The summed E-state index contributed by atoms with van der Waals surface area (Å²) in [7, 11) is 1.55. The lowest BCUT2D eigenvalue weighted by Crippen LogP contribution is -2.29. The molecule has 1 unspecified atom stereocenters. The fourth-order valence-electron chi connectivity index (χ4n) is 4.10. The molecule has 5 heteroatoms. The highest BCUT2D eigenvalue weighted by Crippen LogP contribution is 2.43. The Morgan fingerprint density at radius 3 is 2.38 bits per heavy atom. The molecule has 32 heavy (non-hydrogen) atoms. The van der Waals surface area contributed by atoms with Crippen LogP contribution in [0.15, 0.2) is 78.4 Å². The van der Waals surface area contributed by atoms with Gasteiger partial charge in [-0.1, -0.05) is 61.5 Å². The van der Waals surface area contributed by atoms with E-state index >= 15 is 0 Å². The molecule has 5 nitrogen and oxygen atoms in total. The minimum atomic E-state index is -0.755. The van der Waals surface area contributed by atoms with Gasteiger partial charge in [0, 0.05) is 17.3 Å². The van der Waals surface area contributed by atoms with Crippen LogP contribution in [0.1, 0.15) is 35.2 Å². The quantitative estimate of drug-likeness (QED) is 0.346. The van der Waals surface area contributed by atoms with Gasteiger partial charge in [-0.05, 0) is 42.2 Å². The molecule has 1 atom stereocenters. The lowest BCUT2D eigenvalue weighted by Gasteiger charge is -2.27. The average Bonchev–Trinajstić information content (AvgIpc) is 3.09. The zero-order valence-electron chi connectivity index (χ0n) is 18.3. The van der Waals surface area contributed by atoms with Gasteiger partial charge in [0.25, 0.3) is 11.7 Å². The van der Waals surface area contributed by atoms with Crippen LogP contribution in [-0.4, -0.2) is 23.9 Å². The predicted octanol–water partition coefficient (Wildman–Crippen LogP) is 5.19. The Morgan fingerprint density at radius 1 is 1.00 bits per heavy atom. The van der Waals surface area contributed by atoms with Crippen LogP contribution in [0.25, 0.3) is 5.76 Å². The summed E-state index contributed by atoms with van der Waals surface area (Å²) in [6.45, 7) is 3.98. The van der Waals surface area contributed by atoms with Crippen LogP contribution in [0.5, 0.6) is 5.75 Å². The Labute approximate surface area is 187 Å². The van der Waals surface area contributed by atoms with E-state index in [2.05, 4.69) is 0 Å². The number of nitrogens with zero attached hydrogens (tertiary/aromatic N) is 1. The van der Waals surface area contributed by atoms with Crippen molar-refractivity contribution in [2.45, 2.75) is 26.3 Å². The van der Waals surface area contributed by atoms with Crippen LogP contribution in [-0.2, 0) is 16.0 Å². The molecule has 1 fully saturated rings. The second-order valence-corrected chi connectivity index (χ2v) is 7.78. The molecule has 0 aromatic heterocycles. The Morgan fingerprint density at radius 2 is 1.72 bits per heavy atom. The number of amides is 1. The third-order valence-electron chi connectivity index (χ3n) is 5.89. The summed E-state index contributed by atoms with van der Waals surface area (Å²) in [5.74, 6) is -0.996. The predicted molar refractivity (Wildman–Crippen MR) is 125 cm³/mol. The molecule has 0 bridgehead atoms. The average molecular weight is 428 g/mol. The number of aliphatic hydroxyl groups excluding tert-OH is 1. The number of benzene rings is 3. The molecule has 1 amide bonds. The molecule has 162 valence electrons. The van der Waals surface area contributed by atoms with Crippen LogP contribution in [0.2, 0.25) is 0 Å². The maximum Gasteiger partial charge on any atom is 0.300 e. The molecular weight excluding hydrogens is 402 g/mol. The van der Waals surface area contributed by atoms with Crippen LogP contribution in [0.3, 0.4) is 0 Å². The van der Waals surface area contributed by atoms with E-state index in [1.165, 1.54) is 4.90 Å². The molecule has 1 aliphatic rings. The van der Waals surface area contributed by atoms with Gasteiger partial charge in [0.1, 0.15) is 11.5 Å². The van der Waals surface area contributed by atoms with Crippen LogP contribution in [0, 0.1) is 6.92 Å². The summed E-state index contributed by atoms with van der Waals surface area (Å²) in [4.78, 5) is 27.9. The monoisotopic (exact) mass is 427 g/mol. The van der Waals surface area contributed by atoms with Gasteiger partial charge >= 0.3 is 0 Å². The van der Waals surface area contributed by atoms with Crippen molar-refractivity contribution in [1.29, 1.82) is 0 Å². The molecular formula is C27H25NO4. The highest BCUT2D eigenvalue weighted by molar-refractivity contribution is 6.51. The normalized spacial score (nSPS) is 17.6. The number of aryl methyl sites for hydroxylation is 2. The van der Waals surface area contributed by atoms with Gasteiger partial charge < -0.3 is 9.84 Å². The SMILES string of the molecule is CCc1ccc(/C(O)=C2\C(=O)C(=O)N(c3cccc(OC)c3)C2c2ccccc2C)cc1. The van der Waals surface area contributed by atoms with E-state index in [0.717, 1.165) is 23.1 Å². The second kappa shape index (κ2) is 8.71. The minimum absolute atomic E-state index is 0.0800. The van der Waals surface area contributed by atoms with E-state index in [9.17, 15) is 14.7 Å². The summed E-state index contributed by atoms with van der Waals surface area (Å²) in [6, 6.07) is 21.2. The first-order chi connectivity index (χ1) is 15.5. The standard InChI is InChI=1S/C27H25NO4/c1-4-18-12-14-19(15-13-18)25(29)23-24(22-11-6-5-8-17(22)2)28(27(31)26(23)30)20-9-7-10-21(16-20)32-3/h5-16,24,29H,4H2,1-3H3/b25-23+. The van der Waals surface area contributed by atoms with Crippen molar-refractivity contribution >= 4 is 23.1 Å². The number of carbonyl (C=O) groups excluding carboxylic acids is 2. The molecule has 0 spiro atoms. The Bertz CT molecular complexity index is 1210. The van der Waals surface area contributed by atoms with E-state index in [1.807, 2.05) is 50.2 Å². The van der Waals surface area contributed by atoms with Gasteiger partial charge in [0.15, 0.2) is 0 Å². The molecule has 3 aromatic rings. The lowest BCUT2D eigenvalue weighted by molar-refractivity contribution is -0.132. The fourth-order valence-corrected chi connectivity index (χ4v) is 4.10. The molecule has 0 radical (unpaired) electrons. The lowest BCUT2D eigenvalue weighted by atomic mass is 9.92. The summed E-state index contributed by atoms with van der Waals surface area (Å²) in [5, 5.41) is 11.2. The van der Waals surface area contributed by atoms with Gasteiger partial charge in [-0.2, -0.15) is 0 Å². The smallest absolute Gasteiger partial charge is 0.300 e. The second-order valence-electron chi connectivity index (χ2n) is 7.78. The van der Waals surface area contributed by atoms with Crippen LogP contribution >= 0.6 is 0 Å². The number of hydrogen-bond acceptors (Lipinski definition) is 4. The molecule has 0 saturated carbocycles. The molecule has 4 rings (SSSR count). The first-order valence-corrected chi connectivity index (χ1v) is 10.6. The Hall–Kier alpha value is -3.86. The van der Waals surface area contributed by atoms with Crippen molar-refractivity contribution in [3.8, 4) is 5.75 Å². The van der Waals surface area contributed by atoms with Crippen molar-refractivity contribution in [2.24, 2.45) is 0 Å². The van der Waals surface area contributed by atoms with Gasteiger partial charge in [-0.25, -0.2) is 0 Å². The topological polar surface area (TPSA) is 66.8 Å². The van der Waals surface area contributed by atoms with E-state index < -0.39 is 17.7 Å². The molecule has 1 N–H and O–H groups in total. The van der Waals surface area contributed by atoms with Gasteiger partial charge in [0.05, 0.1) is 18.7 Å². The molecule has 1 heterocycles. The van der Waals surface area contributed by atoms with E-state index in [-0.39, 0.29) is 11.3 Å². The number of aliphatic hydroxyl groups is 1. The van der Waals surface area contributed by atoms with Crippen LogP contribution in [0.4, 0.5) is 5.69 Å². The third-order valence-corrected chi connectivity index (χ3v) is 5.89. The maximum atomic E-state index is 13.2. The summed E-state index contributed by atoms with van der Waals surface area (Å²) < 4.78 is 5.32. The maximum absolute atomic E-state index is 13.2. The first-order valence-electron chi connectivity index (χ1n) is 10.6. The minimum Gasteiger partial charge on any atom is -0.507 e. The number of rotatable bonds is 5. The molecule has 3 aromatic carbocycles. The number of carbonyl (C=O) groups is 2. The first kappa shape index (κ1) is 21.4. The highest BCUT2D eigenvalue weighted by atomic mass is 16.5. The van der Waals surface area contributed by atoms with Crippen molar-refractivity contribution < 1.29 is 19.4 Å². The van der Waals surface area contributed by atoms with Gasteiger partial charge in [-0.15, -0.1) is 0 Å². The fraction of sp³-hybridized carbons (Fsp3) is 0.185. The summed E-state index contributed by atoms with van der Waals surface area (Å²) in [5.41, 5.74) is 3.93. The summed E-state index contributed by atoms with van der Waals surface area (Å²) >= 11 is 0. The van der Waals surface area contributed by atoms with Crippen molar-refractivity contribution in [3.05, 3.63) is 101 Å². The van der Waals surface area contributed by atoms with E-state index in [4.69, 9.17) is 4.74 Å². The number of ketones is 1. The number of anilines is 1. The zero-order valence-corrected chi connectivity index (χ0v) is 18.3. The van der Waals surface area contributed by atoms with Gasteiger partial charge in [0.2, 0.25) is 0 Å². The van der Waals surface area contributed by atoms with Crippen molar-refractivity contribution in [2.75, 3.05) is 12.0 Å². The largest absolute Gasteiger partial charge is 0.507 e. The van der Waals surface area contributed by atoms with Gasteiger partial charge in [-0.3, -0.25) is 14.5 Å². The molecule has 0 aliphatic carbocycles. The van der Waals surface area contributed by atoms with Crippen LogP contribution < -0.4 is 9.64 Å². The number of Topliss-reactive ketones (excluding diaryl/α,β-unsaturated/α-hetero) is 1. The number of hydrogen-bond donors (Lipinski definition) is 1. The van der Waals surface area contributed by atoms with E-state index in [1.54, 1.807) is 43.5 Å². The number of methoxy groups -OCH3 is 1. The molecule has 1 aliphatic heterocycles. The third kappa shape index (κ3) is 3.66. The summed E-state index contributed by atoms with van der Waals surface area (Å²) in [6.07, 6.45) is 0.866. The van der Waals surface area contributed by atoms with Crippen molar-refractivity contribution in [1.82, 2.24) is 0 Å². The highest BCUT2D eigenvalue weighted by Gasteiger charge is 2.47. The Balaban J connectivity index is 1.94. The number of ether oxygens (including phenoxy) is 1. The Kier molecular flexibility index (Phi) is 5.82. The van der Waals surface area contributed by atoms with Crippen molar-refractivity contribution in [3.63, 3.8) is 0 Å².